The highest BCUT2D eigenvalue weighted by molar-refractivity contribution is 6.05. The van der Waals surface area contributed by atoms with Gasteiger partial charge in [-0.1, -0.05) is 60.7 Å². The van der Waals surface area contributed by atoms with E-state index in [0.29, 0.717) is 22.0 Å². The van der Waals surface area contributed by atoms with Crippen LogP contribution in [-0.2, 0) is 0 Å². The Balaban J connectivity index is 1.96. The zero-order chi connectivity index (χ0) is 18.8. The van der Waals surface area contributed by atoms with Crippen molar-refractivity contribution in [3.63, 3.8) is 0 Å². The summed E-state index contributed by atoms with van der Waals surface area (Å²) in [5.41, 5.74) is -0.0775. The van der Waals surface area contributed by atoms with Crippen molar-refractivity contribution < 1.29 is 4.79 Å². The summed E-state index contributed by atoms with van der Waals surface area (Å²) >= 11 is 0. The maximum atomic E-state index is 13.0. The van der Waals surface area contributed by atoms with Gasteiger partial charge < -0.3 is 0 Å². The Hall–Kier alpha value is -3.86. The molecule has 0 saturated carbocycles. The molecule has 0 fully saturated rings. The third-order valence-corrected chi connectivity index (χ3v) is 4.26. The Kier molecular flexibility index (Phi) is 4.18. The van der Waals surface area contributed by atoms with Gasteiger partial charge in [0, 0.05) is 16.3 Å². The number of hydrogen-bond donors (Lipinski definition) is 0. The Bertz CT molecular complexity index is 1220. The smallest absolute Gasteiger partial charge is 0.278 e. The fourth-order valence-electron chi connectivity index (χ4n) is 2.92. The van der Waals surface area contributed by atoms with Crippen LogP contribution in [0.15, 0.2) is 99.6 Å². The standard InChI is InChI=1S/C22H14N2O3/c25-20-17-13-7-8-14-18(17)21(26)19(20)23-24(16-11-5-2-6-12-16)22(27)15-9-3-1-4-10-15/h1-14H. The molecule has 0 heterocycles. The first-order chi connectivity index (χ1) is 13.2. The normalized spacial score (nSPS) is 10.7. The Morgan fingerprint density at radius 3 is 1.70 bits per heavy atom. The molecular weight excluding hydrogens is 340 g/mol. The molecular formula is C22H14N2O3. The summed E-state index contributed by atoms with van der Waals surface area (Å²) in [4.78, 5) is 38.3. The van der Waals surface area contributed by atoms with Gasteiger partial charge in [0.15, 0.2) is 5.36 Å². The number of rotatable bonds is 3. The predicted octanol–water partition coefficient (Wildman–Crippen LogP) is 2.60. The van der Waals surface area contributed by atoms with E-state index >= 15 is 0 Å². The average Bonchev–Trinajstić information content (AvgIpc) is 2.97. The molecule has 0 atom stereocenters. The van der Waals surface area contributed by atoms with E-state index in [2.05, 4.69) is 5.10 Å². The van der Waals surface area contributed by atoms with Crippen molar-refractivity contribution in [1.29, 1.82) is 0 Å². The molecule has 0 aliphatic rings. The van der Waals surface area contributed by atoms with E-state index in [4.69, 9.17) is 0 Å². The lowest BCUT2D eigenvalue weighted by molar-refractivity contribution is 0.0986. The SMILES string of the molecule is O=C(c1ccccc1)N(N=c1c(=O)c2ccccc2c1=O)c1ccccc1. The minimum atomic E-state index is -0.475. The number of benzene rings is 3. The highest BCUT2D eigenvalue weighted by Gasteiger charge is 2.19. The van der Waals surface area contributed by atoms with Crippen LogP contribution >= 0.6 is 0 Å². The number of carbonyl (C=O) groups is 1. The van der Waals surface area contributed by atoms with Crippen molar-refractivity contribution in [2.45, 2.75) is 0 Å². The number of para-hydroxylation sites is 1. The van der Waals surface area contributed by atoms with Crippen LogP contribution in [-0.4, -0.2) is 5.91 Å². The van der Waals surface area contributed by atoms with Crippen LogP contribution in [0.5, 0.6) is 0 Å². The summed E-state index contributed by atoms with van der Waals surface area (Å²) in [7, 11) is 0. The first kappa shape index (κ1) is 16.6. The molecule has 0 radical (unpaired) electrons. The molecule has 0 unspecified atom stereocenters. The first-order valence-corrected chi connectivity index (χ1v) is 8.38. The third-order valence-electron chi connectivity index (χ3n) is 4.26. The number of nitrogens with zero attached hydrogens (tertiary/aromatic N) is 2. The van der Waals surface area contributed by atoms with E-state index in [1.54, 1.807) is 78.9 Å². The zero-order valence-corrected chi connectivity index (χ0v) is 14.2. The van der Waals surface area contributed by atoms with Gasteiger partial charge in [-0.05, 0) is 24.3 Å². The molecule has 0 N–H and O–H groups in total. The molecule has 0 aliphatic carbocycles. The molecule has 4 aromatic carbocycles. The lowest BCUT2D eigenvalue weighted by Gasteiger charge is -2.16. The van der Waals surface area contributed by atoms with Gasteiger partial charge in [-0.3, -0.25) is 14.4 Å². The van der Waals surface area contributed by atoms with Crippen LogP contribution in [0.1, 0.15) is 10.4 Å². The Labute approximate surface area is 154 Å². The fourth-order valence-corrected chi connectivity index (χ4v) is 2.92. The van der Waals surface area contributed by atoms with E-state index in [-0.39, 0.29) is 5.36 Å². The van der Waals surface area contributed by atoms with Crippen LogP contribution in [0.2, 0.25) is 0 Å². The number of hydrogen-bond acceptors (Lipinski definition) is 4. The van der Waals surface area contributed by atoms with Gasteiger partial charge in [0.25, 0.3) is 5.91 Å². The number of carbonyl (C=O) groups excluding carboxylic acids is 1. The summed E-state index contributed by atoms with van der Waals surface area (Å²) in [5.74, 6) is -0.425. The first-order valence-electron chi connectivity index (χ1n) is 8.38. The van der Waals surface area contributed by atoms with E-state index in [9.17, 15) is 14.4 Å². The molecule has 1 amide bonds. The van der Waals surface area contributed by atoms with E-state index in [0.717, 1.165) is 5.01 Å². The molecule has 4 aromatic rings. The van der Waals surface area contributed by atoms with E-state index in [1.807, 2.05) is 6.07 Å². The monoisotopic (exact) mass is 354 g/mol. The van der Waals surface area contributed by atoms with Gasteiger partial charge in [-0.15, -0.1) is 0 Å². The van der Waals surface area contributed by atoms with Gasteiger partial charge in [0.05, 0.1) is 5.69 Å². The summed E-state index contributed by atoms with van der Waals surface area (Å²) in [6.07, 6.45) is 0. The second-order valence-corrected chi connectivity index (χ2v) is 5.97. The van der Waals surface area contributed by atoms with Gasteiger partial charge in [0.1, 0.15) is 0 Å². The van der Waals surface area contributed by atoms with Crippen LogP contribution in [0.25, 0.3) is 10.8 Å². The zero-order valence-electron chi connectivity index (χ0n) is 14.2. The van der Waals surface area contributed by atoms with Gasteiger partial charge in [-0.25, -0.2) is 0 Å². The molecule has 5 heteroatoms. The highest BCUT2D eigenvalue weighted by Crippen LogP contribution is 2.17. The maximum absolute atomic E-state index is 13.0. The summed E-state index contributed by atoms with van der Waals surface area (Å²) in [6.45, 7) is 0. The van der Waals surface area contributed by atoms with Crippen molar-refractivity contribution in [1.82, 2.24) is 0 Å². The molecule has 0 aromatic heterocycles. The molecule has 0 saturated heterocycles. The van der Waals surface area contributed by atoms with Gasteiger partial charge >= 0.3 is 0 Å². The topological polar surface area (TPSA) is 66.8 Å². The largest absolute Gasteiger partial charge is 0.287 e. The average molecular weight is 354 g/mol. The summed E-state index contributed by atoms with van der Waals surface area (Å²) in [5, 5.41) is 5.66. The number of fused-ring (bicyclic) bond motifs is 1. The third kappa shape index (κ3) is 2.95. The van der Waals surface area contributed by atoms with Gasteiger partial charge in [0.2, 0.25) is 10.9 Å². The van der Waals surface area contributed by atoms with Crippen LogP contribution in [0, 0.1) is 0 Å². The molecule has 0 spiro atoms. The van der Waals surface area contributed by atoms with Crippen molar-refractivity contribution in [2.75, 3.05) is 5.01 Å². The highest BCUT2D eigenvalue weighted by atomic mass is 16.2. The van der Waals surface area contributed by atoms with Crippen molar-refractivity contribution in [3.05, 3.63) is 116 Å². The predicted molar refractivity (Wildman–Crippen MR) is 104 cm³/mol. The van der Waals surface area contributed by atoms with Crippen LogP contribution in [0.4, 0.5) is 5.69 Å². The molecule has 130 valence electrons. The maximum Gasteiger partial charge on any atom is 0.278 e. The Morgan fingerprint density at radius 2 is 1.15 bits per heavy atom. The second kappa shape index (κ2) is 6.80. The lowest BCUT2D eigenvalue weighted by atomic mass is 10.2. The molecule has 5 nitrogen and oxygen atoms in total. The van der Waals surface area contributed by atoms with E-state index in [1.165, 1.54) is 0 Å². The van der Waals surface area contributed by atoms with Crippen LogP contribution in [0.3, 0.4) is 0 Å². The Morgan fingerprint density at radius 1 is 0.667 bits per heavy atom. The lowest BCUT2D eigenvalue weighted by Crippen LogP contribution is -2.38. The minimum absolute atomic E-state index is 0.260. The molecule has 27 heavy (non-hydrogen) atoms. The summed E-state index contributed by atoms with van der Waals surface area (Å²) in [6, 6.07) is 23.9. The molecule has 0 bridgehead atoms. The van der Waals surface area contributed by atoms with Crippen molar-refractivity contribution in [3.8, 4) is 0 Å². The second-order valence-electron chi connectivity index (χ2n) is 5.97. The number of amides is 1. The van der Waals surface area contributed by atoms with E-state index < -0.39 is 16.8 Å². The van der Waals surface area contributed by atoms with Gasteiger partial charge in [-0.2, -0.15) is 10.1 Å². The molecule has 0 aliphatic heterocycles. The quantitative estimate of drug-likeness (QED) is 0.531. The minimum Gasteiger partial charge on any atom is -0.287 e. The van der Waals surface area contributed by atoms with Crippen LogP contribution < -0.4 is 21.2 Å². The fraction of sp³-hybridized carbons (Fsp3) is 0. The molecule has 4 rings (SSSR count). The van der Waals surface area contributed by atoms with Crippen molar-refractivity contribution >= 4 is 22.4 Å². The summed E-state index contributed by atoms with van der Waals surface area (Å²) < 4.78 is 0. The number of anilines is 1. The van der Waals surface area contributed by atoms with Crippen molar-refractivity contribution in [2.24, 2.45) is 5.10 Å².